The van der Waals surface area contributed by atoms with Crippen LogP contribution in [-0.4, -0.2) is 46.1 Å². The van der Waals surface area contributed by atoms with Crippen molar-refractivity contribution < 1.29 is 9.53 Å². The van der Waals surface area contributed by atoms with Crippen molar-refractivity contribution in [2.45, 2.75) is 6.92 Å². The van der Waals surface area contributed by atoms with Gasteiger partial charge in [-0.2, -0.15) is 0 Å². The molecule has 124 valence electrons. The lowest BCUT2D eigenvalue weighted by atomic mass is 10.1. The zero-order valence-corrected chi connectivity index (χ0v) is 13.7. The van der Waals surface area contributed by atoms with E-state index in [-0.39, 0.29) is 0 Å². The van der Waals surface area contributed by atoms with E-state index in [0.717, 1.165) is 11.1 Å². The molecule has 3 aromatic heterocycles. The predicted molar refractivity (Wildman–Crippen MR) is 91.2 cm³/mol. The van der Waals surface area contributed by atoms with Crippen LogP contribution in [0.15, 0.2) is 36.9 Å². The van der Waals surface area contributed by atoms with E-state index in [1.54, 1.807) is 25.5 Å². The van der Waals surface area contributed by atoms with Gasteiger partial charge >= 0.3 is 6.09 Å². The second-order valence-corrected chi connectivity index (χ2v) is 5.32. The Kier molecular flexibility index (Phi) is 4.28. The molecule has 0 aliphatic rings. The van der Waals surface area contributed by atoms with Crippen LogP contribution in [0.4, 0.5) is 16.6 Å². The molecule has 3 heterocycles. The number of ether oxygens (including phenoxy) is 1. The molecule has 0 aliphatic heterocycles. The van der Waals surface area contributed by atoms with Crippen molar-refractivity contribution in [1.29, 1.82) is 0 Å². The number of fused-ring (bicyclic) bond motifs is 1. The highest BCUT2D eigenvalue weighted by Gasteiger charge is 2.08. The van der Waals surface area contributed by atoms with E-state index in [2.05, 4.69) is 20.3 Å². The molecule has 0 spiro atoms. The van der Waals surface area contributed by atoms with Gasteiger partial charge in [0.25, 0.3) is 0 Å². The molecule has 3 aromatic rings. The molecule has 0 radical (unpaired) electrons. The average Bonchev–Trinajstić information content (AvgIpc) is 2.96. The van der Waals surface area contributed by atoms with Crippen LogP contribution in [0.25, 0.3) is 16.8 Å². The summed E-state index contributed by atoms with van der Waals surface area (Å²) >= 11 is 0. The van der Waals surface area contributed by atoms with Gasteiger partial charge in [-0.15, -0.1) is 0 Å². The molecule has 0 bridgehead atoms. The van der Waals surface area contributed by atoms with E-state index >= 15 is 0 Å². The van der Waals surface area contributed by atoms with Crippen LogP contribution in [-0.2, 0) is 4.74 Å². The number of carbonyl (C=O) groups is 1. The average molecular weight is 326 g/mol. The molecule has 8 heteroatoms. The number of rotatable bonds is 4. The fraction of sp³-hybridized carbons (Fsp3) is 0.250. The molecule has 0 saturated carbocycles. The summed E-state index contributed by atoms with van der Waals surface area (Å²) in [6, 6.07) is 3.85. The van der Waals surface area contributed by atoms with Gasteiger partial charge in [-0.25, -0.2) is 19.7 Å². The van der Waals surface area contributed by atoms with Gasteiger partial charge in [0.15, 0.2) is 5.82 Å². The van der Waals surface area contributed by atoms with Crippen LogP contribution in [0.5, 0.6) is 0 Å². The first-order chi connectivity index (χ1) is 11.6. The quantitative estimate of drug-likeness (QED) is 0.792. The lowest BCUT2D eigenvalue weighted by Crippen LogP contribution is -2.13. The molecule has 1 amide bonds. The third-order valence-corrected chi connectivity index (χ3v) is 3.34. The van der Waals surface area contributed by atoms with Gasteiger partial charge in [-0.05, 0) is 24.6 Å². The Hall–Kier alpha value is -3.16. The minimum Gasteiger partial charge on any atom is -0.450 e. The molecule has 3 rings (SSSR count). The topological polar surface area (TPSA) is 84.6 Å². The van der Waals surface area contributed by atoms with Crippen LogP contribution in [0.1, 0.15) is 6.92 Å². The molecular weight excluding hydrogens is 308 g/mol. The zero-order valence-electron chi connectivity index (χ0n) is 13.7. The van der Waals surface area contributed by atoms with E-state index < -0.39 is 6.09 Å². The van der Waals surface area contributed by atoms with Crippen molar-refractivity contribution in [3.63, 3.8) is 0 Å². The van der Waals surface area contributed by atoms with Crippen molar-refractivity contribution in [3.05, 3.63) is 36.9 Å². The predicted octanol–water partition coefficient (Wildman–Crippen LogP) is 2.43. The standard InChI is InChI=1S/C16H18N6O2/c1-4-24-16(23)20-13-10-22-6-5-11(7-14(22)19-13)12-8-17-15(18-9-12)21(2)3/h5-10H,4H2,1-3H3,(H,20,23). The maximum atomic E-state index is 11.5. The number of pyridine rings is 1. The number of nitrogens with one attached hydrogen (secondary N) is 1. The Morgan fingerprint density at radius 2 is 2.04 bits per heavy atom. The van der Waals surface area contributed by atoms with Gasteiger partial charge in [-0.3, -0.25) is 5.32 Å². The lowest BCUT2D eigenvalue weighted by Gasteiger charge is -2.09. The number of hydrogen-bond acceptors (Lipinski definition) is 6. The van der Waals surface area contributed by atoms with Crippen molar-refractivity contribution in [2.75, 3.05) is 30.9 Å². The molecular formula is C16H18N6O2. The second-order valence-electron chi connectivity index (χ2n) is 5.32. The summed E-state index contributed by atoms with van der Waals surface area (Å²) in [5.41, 5.74) is 2.54. The summed E-state index contributed by atoms with van der Waals surface area (Å²) in [4.78, 5) is 26.3. The first kappa shape index (κ1) is 15.7. The highest BCUT2D eigenvalue weighted by atomic mass is 16.5. The molecule has 0 fully saturated rings. The molecule has 1 N–H and O–H groups in total. The number of amides is 1. The van der Waals surface area contributed by atoms with E-state index in [1.165, 1.54) is 0 Å². The first-order valence-corrected chi connectivity index (χ1v) is 7.49. The molecule has 0 aromatic carbocycles. The van der Waals surface area contributed by atoms with Crippen molar-refractivity contribution in [3.8, 4) is 11.1 Å². The number of carbonyl (C=O) groups excluding carboxylic acids is 1. The molecule has 8 nitrogen and oxygen atoms in total. The summed E-state index contributed by atoms with van der Waals surface area (Å²) in [7, 11) is 3.79. The van der Waals surface area contributed by atoms with E-state index in [9.17, 15) is 4.79 Å². The van der Waals surface area contributed by atoms with Gasteiger partial charge in [0, 0.05) is 38.2 Å². The monoisotopic (exact) mass is 326 g/mol. The highest BCUT2D eigenvalue weighted by molar-refractivity contribution is 5.83. The van der Waals surface area contributed by atoms with Crippen LogP contribution in [0, 0.1) is 0 Å². The Bertz CT molecular complexity index is 857. The molecule has 0 aliphatic carbocycles. The van der Waals surface area contributed by atoms with Crippen LogP contribution >= 0.6 is 0 Å². The number of hydrogen-bond donors (Lipinski definition) is 1. The summed E-state index contributed by atoms with van der Waals surface area (Å²) in [5.74, 6) is 1.09. The van der Waals surface area contributed by atoms with Crippen LogP contribution < -0.4 is 10.2 Å². The molecule has 0 saturated heterocycles. The van der Waals surface area contributed by atoms with Crippen LogP contribution in [0.3, 0.4) is 0 Å². The van der Waals surface area contributed by atoms with Crippen molar-refractivity contribution in [1.82, 2.24) is 19.4 Å². The van der Waals surface area contributed by atoms with E-state index in [1.807, 2.05) is 41.7 Å². The summed E-state index contributed by atoms with van der Waals surface area (Å²) in [6.07, 6.45) is 6.62. The van der Waals surface area contributed by atoms with Gasteiger partial charge in [0.05, 0.1) is 12.8 Å². The summed E-state index contributed by atoms with van der Waals surface area (Å²) in [5, 5.41) is 2.59. The van der Waals surface area contributed by atoms with Gasteiger partial charge in [0.2, 0.25) is 5.95 Å². The number of aromatic nitrogens is 4. The highest BCUT2D eigenvalue weighted by Crippen LogP contribution is 2.21. The Balaban J connectivity index is 1.86. The molecule has 24 heavy (non-hydrogen) atoms. The van der Waals surface area contributed by atoms with E-state index in [4.69, 9.17) is 4.74 Å². The van der Waals surface area contributed by atoms with Gasteiger partial charge < -0.3 is 14.0 Å². The molecule has 0 unspecified atom stereocenters. The van der Waals surface area contributed by atoms with Crippen molar-refractivity contribution >= 4 is 23.5 Å². The lowest BCUT2D eigenvalue weighted by molar-refractivity contribution is 0.168. The Morgan fingerprint density at radius 3 is 2.71 bits per heavy atom. The number of imidazole rings is 1. The first-order valence-electron chi connectivity index (χ1n) is 7.49. The zero-order chi connectivity index (χ0) is 17.1. The van der Waals surface area contributed by atoms with Crippen LogP contribution in [0.2, 0.25) is 0 Å². The largest absolute Gasteiger partial charge is 0.450 e. The maximum absolute atomic E-state index is 11.5. The fourth-order valence-corrected chi connectivity index (χ4v) is 2.19. The normalized spacial score (nSPS) is 10.6. The van der Waals surface area contributed by atoms with Crippen molar-refractivity contribution in [2.24, 2.45) is 0 Å². The van der Waals surface area contributed by atoms with Gasteiger partial charge in [-0.1, -0.05) is 0 Å². The van der Waals surface area contributed by atoms with E-state index in [0.29, 0.717) is 24.0 Å². The third-order valence-electron chi connectivity index (χ3n) is 3.34. The SMILES string of the molecule is CCOC(=O)Nc1cn2ccc(-c3cnc(N(C)C)nc3)cc2n1. The minimum atomic E-state index is -0.520. The summed E-state index contributed by atoms with van der Waals surface area (Å²) in [6.45, 7) is 2.06. The Labute approximate surface area is 139 Å². The smallest absolute Gasteiger partial charge is 0.412 e. The minimum absolute atomic E-state index is 0.312. The second kappa shape index (κ2) is 6.53. The fourth-order valence-electron chi connectivity index (χ4n) is 2.19. The third kappa shape index (κ3) is 3.27. The number of anilines is 2. The molecule has 0 atom stereocenters. The number of nitrogens with zero attached hydrogens (tertiary/aromatic N) is 5. The Morgan fingerprint density at radius 1 is 1.29 bits per heavy atom. The van der Waals surface area contributed by atoms with Gasteiger partial charge in [0.1, 0.15) is 5.65 Å². The maximum Gasteiger partial charge on any atom is 0.412 e. The summed E-state index contributed by atoms with van der Waals surface area (Å²) < 4.78 is 6.67.